The molecule has 17 heavy (non-hydrogen) atoms. The third-order valence-corrected chi connectivity index (χ3v) is 3.51. The zero-order valence-corrected chi connectivity index (χ0v) is 10.7. The van der Waals surface area contributed by atoms with Crippen LogP contribution in [0.5, 0.6) is 0 Å². The van der Waals surface area contributed by atoms with Crippen molar-refractivity contribution in [1.29, 1.82) is 5.26 Å². The Morgan fingerprint density at radius 2 is 2.35 bits per heavy atom. The summed E-state index contributed by atoms with van der Waals surface area (Å²) in [6, 6.07) is 8.07. The molecule has 0 aromatic heterocycles. The second-order valence-electron chi connectivity index (χ2n) is 4.38. The number of nitrogens with one attached hydrogen (secondary N) is 1. The number of benzene rings is 1. The lowest BCUT2D eigenvalue weighted by Gasteiger charge is -2.33. The number of anilines is 1. The summed E-state index contributed by atoms with van der Waals surface area (Å²) in [5, 5.41) is 13.2. The molecule has 1 aliphatic rings. The van der Waals surface area contributed by atoms with Crippen molar-refractivity contribution < 1.29 is 0 Å². The van der Waals surface area contributed by atoms with Crippen molar-refractivity contribution in [2.75, 3.05) is 25.0 Å². The van der Waals surface area contributed by atoms with Crippen LogP contribution in [0.3, 0.4) is 0 Å². The molecule has 1 fully saturated rings. The highest BCUT2D eigenvalue weighted by atomic mass is 35.5. The van der Waals surface area contributed by atoms with Crippen LogP contribution in [0.4, 0.5) is 5.69 Å². The predicted molar refractivity (Wildman–Crippen MR) is 70.5 cm³/mol. The Hall–Kier alpha value is -1.24. The molecule has 0 spiro atoms. The summed E-state index contributed by atoms with van der Waals surface area (Å²) in [6.45, 7) is 2.05. The monoisotopic (exact) mass is 249 g/mol. The second kappa shape index (κ2) is 5.39. The molecule has 1 unspecified atom stereocenters. The van der Waals surface area contributed by atoms with Gasteiger partial charge in [0.2, 0.25) is 0 Å². The van der Waals surface area contributed by atoms with Crippen LogP contribution < -0.4 is 10.2 Å². The van der Waals surface area contributed by atoms with Crippen molar-refractivity contribution in [1.82, 2.24) is 5.32 Å². The van der Waals surface area contributed by atoms with Gasteiger partial charge in [-0.3, -0.25) is 0 Å². The van der Waals surface area contributed by atoms with E-state index in [0.717, 1.165) is 25.2 Å². The fraction of sp³-hybridized carbons (Fsp3) is 0.462. The highest BCUT2D eigenvalue weighted by Crippen LogP contribution is 2.26. The van der Waals surface area contributed by atoms with Crippen molar-refractivity contribution in [3.63, 3.8) is 0 Å². The zero-order chi connectivity index (χ0) is 12.3. The van der Waals surface area contributed by atoms with Gasteiger partial charge < -0.3 is 10.2 Å². The fourth-order valence-electron chi connectivity index (χ4n) is 2.25. The summed E-state index contributed by atoms with van der Waals surface area (Å²) in [7, 11) is 2.03. The number of piperidine rings is 1. The van der Waals surface area contributed by atoms with E-state index in [9.17, 15) is 0 Å². The number of nitrogens with zero attached hydrogens (tertiary/aromatic N) is 2. The molecule has 4 heteroatoms. The number of hydrogen-bond acceptors (Lipinski definition) is 3. The van der Waals surface area contributed by atoms with Gasteiger partial charge in [0, 0.05) is 24.7 Å². The van der Waals surface area contributed by atoms with E-state index in [0.29, 0.717) is 16.6 Å². The normalized spacial score (nSPS) is 19.7. The first-order valence-corrected chi connectivity index (χ1v) is 6.23. The molecular weight excluding hydrogens is 234 g/mol. The number of likely N-dealkylation sites (N-methyl/N-ethyl adjacent to an activating group) is 1. The van der Waals surface area contributed by atoms with E-state index in [-0.39, 0.29) is 0 Å². The largest absolute Gasteiger partial charge is 0.369 e. The first-order chi connectivity index (χ1) is 8.22. The molecule has 1 aliphatic heterocycles. The van der Waals surface area contributed by atoms with Crippen molar-refractivity contribution in [3.8, 4) is 6.07 Å². The molecule has 2 rings (SSSR count). The average Bonchev–Trinajstić information content (AvgIpc) is 2.39. The molecule has 0 saturated carbocycles. The van der Waals surface area contributed by atoms with Gasteiger partial charge in [0.1, 0.15) is 6.07 Å². The average molecular weight is 250 g/mol. The zero-order valence-electron chi connectivity index (χ0n) is 9.91. The molecular formula is C13H16ClN3. The molecule has 0 amide bonds. The Labute approximate surface area is 107 Å². The maximum atomic E-state index is 9.12. The van der Waals surface area contributed by atoms with Crippen LogP contribution in [0.1, 0.15) is 18.4 Å². The summed E-state index contributed by atoms with van der Waals surface area (Å²) < 4.78 is 0. The maximum Gasteiger partial charge on any atom is 0.101 e. The maximum absolute atomic E-state index is 9.12. The standard InChI is InChI=1S/C13H16ClN3/c1-17(12-3-2-6-16-9-12)13-7-11(14)5-4-10(13)8-15/h4-5,7,12,16H,2-3,6,9H2,1H3. The van der Waals surface area contributed by atoms with Crippen LogP contribution in [0.15, 0.2) is 18.2 Å². The highest BCUT2D eigenvalue weighted by Gasteiger charge is 2.20. The van der Waals surface area contributed by atoms with Crippen LogP contribution in [0, 0.1) is 11.3 Å². The van der Waals surface area contributed by atoms with Crippen LogP contribution in [-0.2, 0) is 0 Å². The van der Waals surface area contributed by atoms with Gasteiger partial charge >= 0.3 is 0 Å². The molecule has 3 nitrogen and oxygen atoms in total. The van der Waals surface area contributed by atoms with E-state index in [2.05, 4.69) is 16.3 Å². The van der Waals surface area contributed by atoms with E-state index in [1.54, 1.807) is 12.1 Å². The lowest BCUT2D eigenvalue weighted by atomic mass is 10.0. The lowest BCUT2D eigenvalue weighted by Crippen LogP contribution is -2.44. The summed E-state index contributed by atoms with van der Waals surface area (Å²) in [6.07, 6.45) is 2.33. The molecule has 0 aliphatic carbocycles. The van der Waals surface area contributed by atoms with Gasteiger partial charge in [-0.05, 0) is 37.6 Å². The lowest BCUT2D eigenvalue weighted by molar-refractivity contribution is 0.445. The third kappa shape index (κ3) is 2.71. The predicted octanol–water partition coefficient (Wildman–Crippen LogP) is 2.40. The minimum atomic E-state index is 0.439. The van der Waals surface area contributed by atoms with Crippen molar-refractivity contribution in [2.24, 2.45) is 0 Å². The molecule has 0 radical (unpaired) electrons. The number of nitriles is 1. The van der Waals surface area contributed by atoms with Crippen LogP contribution in [0.2, 0.25) is 5.02 Å². The van der Waals surface area contributed by atoms with Gasteiger partial charge in [-0.15, -0.1) is 0 Å². The molecule has 0 bridgehead atoms. The van der Waals surface area contributed by atoms with Gasteiger partial charge in [0.15, 0.2) is 0 Å². The van der Waals surface area contributed by atoms with Gasteiger partial charge in [0.05, 0.1) is 11.3 Å². The van der Waals surface area contributed by atoms with E-state index in [1.165, 1.54) is 6.42 Å². The summed E-state index contributed by atoms with van der Waals surface area (Å²) in [4.78, 5) is 2.16. The van der Waals surface area contributed by atoms with Gasteiger partial charge in [-0.2, -0.15) is 5.26 Å². The summed E-state index contributed by atoms with van der Waals surface area (Å²) in [5.74, 6) is 0. The van der Waals surface area contributed by atoms with Gasteiger partial charge in [0.25, 0.3) is 0 Å². The van der Waals surface area contributed by atoms with Gasteiger partial charge in [-0.1, -0.05) is 11.6 Å². The quantitative estimate of drug-likeness (QED) is 0.875. The Kier molecular flexibility index (Phi) is 3.88. The van der Waals surface area contributed by atoms with E-state index >= 15 is 0 Å². The molecule has 1 aromatic carbocycles. The summed E-state index contributed by atoms with van der Waals surface area (Å²) >= 11 is 6.01. The number of halogens is 1. The number of hydrogen-bond donors (Lipinski definition) is 1. The molecule has 1 saturated heterocycles. The fourth-order valence-corrected chi connectivity index (χ4v) is 2.42. The van der Waals surface area contributed by atoms with Gasteiger partial charge in [-0.25, -0.2) is 0 Å². The van der Waals surface area contributed by atoms with E-state index in [1.807, 2.05) is 13.1 Å². The Balaban J connectivity index is 2.25. The first kappa shape index (κ1) is 12.2. The topological polar surface area (TPSA) is 39.1 Å². The van der Waals surface area contributed by atoms with Crippen molar-refractivity contribution in [3.05, 3.63) is 28.8 Å². The SMILES string of the molecule is CN(c1cc(Cl)ccc1C#N)C1CCCNC1. The highest BCUT2D eigenvalue weighted by molar-refractivity contribution is 6.30. The molecule has 1 N–H and O–H groups in total. The third-order valence-electron chi connectivity index (χ3n) is 3.28. The second-order valence-corrected chi connectivity index (χ2v) is 4.82. The summed E-state index contributed by atoms with van der Waals surface area (Å²) in [5.41, 5.74) is 1.61. The minimum Gasteiger partial charge on any atom is -0.369 e. The number of rotatable bonds is 2. The molecule has 1 atom stereocenters. The first-order valence-electron chi connectivity index (χ1n) is 5.85. The molecule has 90 valence electrons. The van der Waals surface area contributed by atoms with E-state index in [4.69, 9.17) is 16.9 Å². The van der Waals surface area contributed by atoms with Crippen LogP contribution in [0.25, 0.3) is 0 Å². The molecule has 1 aromatic rings. The molecule has 1 heterocycles. The minimum absolute atomic E-state index is 0.439. The Bertz CT molecular complexity index is 433. The van der Waals surface area contributed by atoms with E-state index < -0.39 is 0 Å². The van der Waals surface area contributed by atoms with Crippen LogP contribution >= 0.6 is 11.6 Å². The Morgan fingerprint density at radius 1 is 1.53 bits per heavy atom. The van der Waals surface area contributed by atoms with Crippen molar-refractivity contribution in [2.45, 2.75) is 18.9 Å². The Morgan fingerprint density at radius 3 is 3.00 bits per heavy atom. The van der Waals surface area contributed by atoms with Crippen LogP contribution in [-0.4, -0.2) is 26.2 Å². The smallest absolute Gasteiger partial charge is 0.101 e. The van der Waals surface area contributed by atoms with Crippen molar-refractivity contribution >= 4 is 17.3 Å².